The molecule has 25 heavy (non-hydrogen) atoms. The Labute approximate surface area is 148 Å². The van der Waals surface area contributed by atoms with Crippen LogP contribution < -0.4 is 4.74 Å². The van der Waals surface area contributed by atoms with E-state index >= 15 is 0 Å². The Morgan fingerprint density at radius 1 is 1.36 bits per heavy atom. The number of aliphatic hydroxyl groups excluding tert-OH is 1. The summed E-state index contributed by atoms with van der Waals surface area (Å²) in [6.45, 7) is 8.42. The third-order valence-electron chi connectivity index (χ3n) is 3.96. The van der Waals surface area contributed by atoms with Crippen molar-refractivity contribution in [3.8, 4) is 5.75 Å². The van der Waals surface area contributed by atoms with Crippen LogP contribution in [0.4, 0.5) is 0 Å². The van der Waals surface area contributed by atoms with Crippen LogP contribution in [0.15, 0.2) is 30.3 Å². The van der Waals surface area contributed by atoms with E-state index in [-0.39, 0.29) is 17.9 Å². The van der Waals surface area contributed by atoms with Crippen molar-refractivity contribution in [1.29, 1.82) is 0 Å². The molecule has 0 radical (unpaired) electrons. The van der Waals surface area contributed by atoms with E-state index in [1.54, 1.807) is 7.05 Å². The summed E-state index contributed by atoms with van der Waals surface area (Å²) >= 11 is 0. The first-order chi connectivity index (χ1) is 11.7. The molecule has 136 valence electrons. The number of carbonyl (C=O) groups excluding carboxylic acids is 1. The molecule has 0 saturated carbocycles. The molecule has 2 N–H and O–H groups in total. The fraction of sp³-hybridized carbons (Fsp3) is 0.474. The second-order valence-corrected chi connectivity index (χ2v) is 7.32. The Hall–Kier alpha value is -2.34. The SMILES string of the molecule is Cc1ccccc1OC[C@H](O)C(=O)N(C)Cc1cc(C(C)(C)C)n[nH]1. The van der Waals surface area contributed by atoms with Crippen LogP contribution in [0.1, 0.15) is 37.7 Å². The normalized spacial score (nSPS) is 12.7. The number of aromatic nitrogens is 2. The Morgan fingerprint density at radius 3 is 2.64 bits per heavy atom. The highest BCUT2D eigenvalue weighted by Crippen LogP contribution is 2.21. The average Bonchev–Trinajstić information content (AvgIpc) is 3.01. The van der Waals surface area contributed by atoms with Crippen molar-refractivity contribution in [3.63, 3.8) is 0 Å². The van der Waals surface area contributed by atoms with Gasteiger partial charge in [-0.15, -0.1) is 0 Å². The Morgan fingerprint density at radius 2 is 2.04 bits per heavy atom. The lowest BCUT2D eigenvalue weighted by molar-refractivity contribution is -0.140. The van der Waals surface area contributed by atoms with Crippen molar-refractivity contribution >= 4 is 5.91 Å². The predicted octanol–water partition coefficient (Wildman–Crippen LogP) is 2.41. The summed E-state index contributed by atoms with van der Waals surface area (Å²) in [5.74, 6) is 0.279. The molecule has 2 rings (SSSR count). The van der Waals surface area contributed by atoms with Crippen LogP contribution in [-0.4, -0.2) is 45.9 Å². The quantitative estimate of drug-likeness (QED) is 0.843. The lowest BCUT2D eigenvalue weighted by Crippen LogP contribution is -2.39. The van der Waals surface area contributed by atoms with Gasteiger partial charge in [-0.1, -0.05) is 39.0 Å². The zero-order valence-corrected chi connectivity index (χ0v) is 15.5. The number of hydrogen-bond donors (Lipinski definition) is 2. The highest BCUT2D eigenvalue weighted by Gasteiger charge is 2.22. The van der Waals surface area contributed by atoms with Gasteiger partial charge in [-0.3, -0.25) is 9.89 Å². The first-order valence-electron chi connectivity index (χ1n) is 8.34. The first kappa shape index (κ1) is 19.0. The van der Waals surface area contributed by atoms with E-state index in [2.05, 4.69) is 31.0 Å². The molecule has 1 amide bonds. The largest absolute Gasteiger partial charge is 0.490 e. The van der Waals surface area contributed by atoms with Gasteiger partial charge in [0.25, 0.3) is 5.91 Å². The summed E-state index contributed by atoms with van der Waals surface area (Å²) in [4.78, 5) is 13.8. The standard InChI is InChI=1S/C19H27N3O3/c1-13-8-6-7-9-16(13)25-12-15(23)18(24)22(5)11-14-10-17(21-20-14)19(2,3)4/h6-10,15,23H,11-12H2,1-5H3,(H,20,21)/t15-/m0/s1. The zero-order chi connectivity index (χ0) is 18.6. The van der Waals surface area contributed by atoms with Gasteiger partial charge in [-0.2, -0.15) is 5.10 Å². The molecule has 2 aromatic rings. The molecule has 6 heteroatoms. The number of aromatic amines is 1. The van der Waals surface area contributed by atoms with Crippen molar-refractivity contribution in [2.75, 3.05) is 13.7 Å². The summed E-state index contributed by atoms with van der Waals surface area (Å²) in [6.07, 6.45) is -1.21. The van der Waals surface area contributed by atoms with Gasteiger partial charge in [-0.05, 0) is 24.6 Å². The predicted molar refractivity (Wildman–Crippen MR) is 96.4 cm³/mol. The van der Waals surface area contributed by atoms with Crippen LogP contribution in [0.5, 0.6) is 5.75 Å². The van der Waals surface area contributed by atoms with Crippen LogP contribution in [-0.2, 0) is 16.8 Å². The van der Waals surface area contributed by atoms with E-state index in [4.69, 9.17) is 4.74 Å². The number of amides is 1. The molecule has 0 aliphatic rings. The minimum atomic E-state index is -1.21. The van der Waals surface area contributed by atoms with Crippen molar-refractivity contribution in [1.82, 2.24) is 15.1 Å². The molecule has 6 nitrogen and oxygen atoms in total. The van der Waals surface area contributed by atoms with Gasteiger partial charge >= 0.3 is 0 Å². The Kier molecular flexibility index (Phi) is 5.85. The minimum absolute atomic E-state index is 0.0573. The number of para-hydroxylation sites is 1. The van der Waals surface area contributed by atoms with Crippen molar-refractivity contribution in [2.45, 2.75) is 45.8 Å². The number of aryl methyl sites for hydroxylation is 1. The fourth-order valence-corrected chi connectivity index (χ4v) is 2.37. The lowest BCUT2D eigenvalue weighted by Gasteiger charge is -2.20. The molecule has 1 heterocycles. The number of likely N-dealkylation sites (N-methyl/N-ethyl adjacent to an activating group) is 1. The topological polar surface area (TPSA) is 78.5 Å². The summed E-state index contributed by atoms with van der Waals surface area (Å²) in [5, 5.41) is 17.3. The van der Waals surface area contributed by atoms with Gasteiger partial charge in [0, 0.05) is 12.5 Å². The number of aliphatic hydroxyl groups is 1. The van der Waals surface area contributed by atoms with Gasteiger partial charge in [-0.25, -0.2) is 0 Å². The maximum atomic E-state index is 12.3. The molecule has 0 bridgehead atoms. The van der Waals surface area contributed by atoms with E-state index in [0.717, 1.165) is 17.0 Å². The van der Waals surface area contributed by atoms with Gasteiger partial charge in [0.2, 0.25) is 0 Å². The van der Waals surface area contributed by atoms with E-state index < -0.39 is 6.10 Å². The van der Waals surface area contributed by atoms with E-state index in [0.29, 0.717) is 12.3 Å². The molecule has 0 saturated heterocycles. The monoisotopic (exact) mass is 345 g/mol. The molecule has 0 unspecified atom stereocenters. The number of ether oxygens (including phenoxy) is 1. The van der Waals surface area contributed by atoms with Crippen molar-refractivity contribution in [2.24, 2.45) is 0 Å². The van der Waals surface area contributed by atoms with E-state index in [1.165, 1.54) is 4.90 Å². The molecular weight excluding hydrogens is 318 g/mol. The highest BCUT2D eigenvalue weighted by molar-refractivity contribution is 5.80. The van der Waals surface area contributed by atoms with E-state index in [9.17, 15) is 9.90 Å². The average molecular weight is 345 g/mol. The number of rotatable bonds is 6. The molecule has 0 fully saturated rings. The maximum absolute atomic E-state index is 12.3. The summed E-state index contributed by atoms with van der Waals surface area (Å²) < 4.78 is 5.55. The van der Waals surface area contributed by atoms with Crippen molar-refractivity contribution < 1.29 is 14.6 Å². The number of carbonyl (C=O) groups is 1. The first-order valence-corrected chi connectivity index (χ1v) is 8.34. The van der Waals surface area contributed by atoms with Crippen molar-refractivity contribution in [3.05, 3.63) is 47.3 Å². The van der Waals surface area contributed by atoms with Gasteiger partial charge in [0.15, 0.2) is 6.10 Å². The third kappa shape index (κ3) is 5.06. The Balaban J connectivity index is 1.90. The maximum Gasteiger partial charge on any atom is 0.255 e. The van der Waals surface area contributed by atoms with Crippen LogP contribution in [0, 0.1) is 6.92 Å². The van der Waals surface area contributed by atoms with Crippen LogP contribution in [0.3, 0.4) is 0 Å². The second-order valence-electron chi connectivity index (χ2n) is 7.32. The van der Waals surface area contributed by atoms with Gasteiger partial charge < -0.3 is 14.7 Å². The molecule has 1 aromatic heterocycles. The second kappa shape index (κ2) is 7.70. The number of H-pyrrole nitrogens is 1. The summed E-state index contributed by atoms with van der Waals surface area (Å²) in [6, 6.07) is 9.44. The number of benzene rings is 1. The van der Waals surface area contributed by atoms with E-state index in [1.807, 2.05) is 37.3 Å². The molecule has 1 aromatic carbocycles. The number of hydrogen-bond acceptors (Lipinski definition) is 4. The molecule has 0 spiro atoms. The molecule has 0 aliphatic heterocycles. The van der Waals surface area contributed by atoms with Gasteiger partial charge in [0.1, 0.15) is 12.4 Å². The fourth-order valence-electron chi connectivity index (χ4n) is 2.37. The minimum Gasteiger partial charge on any atom is -0.490 e. The van der Waals surface area contributed by atoms with Gasteiger partial charge in [0.05, 0.1) is 17.9 Å². The number of nitrogens with zero attached hydrogens (tertiary/aromatic N) is 2. The lowest BCUT2D eigenvalue weighted by atomic mass is 9.92. The zero-order valence-electron chi connectivity index (χ0n) is 15.5. The number of nitrogens with one attached hydrogen (secondary N) is 1. The van der Waals surface area contributed by atoms with Crippen LogP contribution in [0.2, 0.25) is 0 Å². The molecular formula is C19H27N3O3. The van der Waals surface area contributed by atoms with Crippen LogP contribution >= 0.6 is 0 Å². The molecule has 1 atom stereocenters. The third-order valence-corrected chi connectivity index (χ3v) is 3.96. The summed E-state index contributed by atoms with van der Waals surface area (Å²) in [7, 11) is 1.65. The molecule has 0 aliphatic carbocycles. The smallest absolute Gasteiger partial charge is 0.255 e. The van der Waals surface area contributed by atoms with Crippen LogP contribution in [0.25, 0.3) is 0 Å². The Bertz CT molecular complexity index is 719. The highest BCUT2D eigenvalue weighted by atomic mass is 16.5. The summed E-state index contributed by atoms with van der Waals surface area (Å²) in [5.41, 5.74) is 2.67.